The van der Waals surface area contributed by atoms with Crippen molar-refractivity contribution in [3.05, 3.63) is 47.5 Å². The number of hydroxylamine groups is 1. The van der Waals surface area contributed by atoms with Crippen molar-refractivity contribution in [2.24, 2.45) is 0 Å². The molecule has 0 saturated carbocycles. The van der Waals surface area contributed by atoms with Gasteiger partial charge in [-0.05, 0) is 21.1 Å². The molecule has 0 radical (unpaired) electrons. The lowest BCUT2D eigenvalue weighted by atomic mass is 9.94. The minimum atomic E-state index is -6.00. The van der Waals surface area contributed by atoms with Gasteiger partial charge in [0.2, 0.25) is 11.8 Å². The van der Waals surface area contributed by atoms with E-state index in [0.29, 0.717) is 5.92 Å². The van der Waals surface area contributed by atoms with E-state index in [1.807, 2.05) is 11.8 Å². The van der Waals surface area contributed by atoms with Crippen molar-refractivity contribution in [2.45, 2.75) is 18.9 Å². The van der Waals surface area contributed by atoms with Gasteiger partial charge in [-0.15, -0.1) is 0 Å². The van der Waals surface area contributed by atoms with E-state index in [1.165, 1.54) is 27.6 Å². The highest BCUT2D eigenvalue weighted by molar-refractivity contribution is 6.50. The molecule has 0 spiro atoms. The molecule has 116 valence electrons. The maximum atomic E-state index is 9.75. The van der Waals surface area contributed by atoms with Crippen LogP contribution in [0.2, 0.25) is 0 Å². The van der Waals surface area contributed by atoms with Crippen molar-refractivity contribution in [1.29, 1.82) is 0 Å². The Bertz CT molecular complexity index is 760. The molecular weight excluding hydrogens is 297 g/mol. The van der Waals surface area contributed by atoms with Crippen molar-refractivity contribution in [3.63, 3.8) is 0 Å². The maximum Gasteiger partial charge on any atom is 0.673 e. The molecule has 0 N–H and O–H groups in total. The predicted octanol–water partition coefficient (Wildman–Crippen LogP) is 4.33. The summed E-state index contributed by atoms with van der Waals surface area (Å²) >= 11 is 0. The predicted molar refractivity (Wildman–Crippen MR) is 77.6 cm³/mol. The largest absolute Gasteiger partial charge is 0.673 e. The van der Waals surface area contributed by atoms with Crippen LogP contribution in [-0.4, -0.2) is 24.8 Å². The summed E-state index contributed by atoms with van der Waals surface area (Å²) in [5.41, 5.74) is 4.07. The van der Waals surface area contributed by atoms with Crippen LogP contribution in [0.4, 0.5) is 17.3 Å². The molecule has 1 aliphatic carbocycles. The molecule has 1 heterocycles. The summed E-state index contributed by atoms with van der Waals surface area (Å²) in [6, 6.07) is 13.1. The van der Waals surface area contributed by atoms with Gasteiger partial charge in [0.1, 0.15) is 5.92 Å². The van der Waals surface area contributed by atoms with Crippen LogP contribution in [0, 0.1) is 0 Å². The lowest BCUT2D eigenvalue weighted by Gasteiger charge is -2.04. The fraction of sp³-hybridized carbons (Fsp3) is 0.267. The molecular formula is C15H14BF4NO. The van der Waals surface area contributed by atoms with Crippen LogP contribution in [-0.2, 0) is 4.84 Å². The zero-order chi connectivity index (χ0) is 16.1. The van der Waals surface area contributed by atoms with Gasteiger partial charge in [0.15, 0.2) is 7.05 Å². The van der Waals surface area contributed by atoms with Gasteiger partial charge in [0.05, 0.1) is 0 Å². The van der Waals surface area contributed by atoms with E-state index in [4.69, 9.17) is 4.84 Å². The Morgan fingerprint density at radius 1 is 1.00 bits per heavy atom. The van der Waals surface area contributed by atoms with Gasteiger partial charge in [-0.3, -0.25) is 4.84 Å². The van der Waals surface area contributed by atoms with Gasteiger partial charge in [-0.25, -0.2) is 0 Å². The SMILES string of the molecule is CC1=[N+](C)OC2c3cccc4cccc(c34)C12.F[B-](F)(F)F. The summed E-state index contributed by atoms with van der Waals surface area (Å²) in [6.07, 6.45) is 0.182. The van der Waals surface area contributed by atoms with E-state index in [2.05, 4.69) is 43.3 Å². The highest BCUT2D eigenvalue weighted by atomic mass is 19.5. The first-order valence-corrected chi connectivity index (χ1v) is 6.90. The van der Waals surface area contributed by atoms with E-state index >= 15 is 0 Å². The van der Waals surface area contributed by atoms with E-state index in [1.54, 1.807) is 0 Å². The molecule has 7 heteroatoms. The first kappa shape index (κ1) is 14.9. The average molecular weight is 311 g/mol. The smallest absolute Gasteiger partial charge is 0.418 e. The average Bonchev–Trinajstić information content (AvgIpc) is 2.88. The van der Waals surface area contributed by atoms with Crippen molar-refractivity contribution in [3.8, 4) is 0 Å². The monoisotopic (exact) mass is 311 g/mol. The van der Waals surface area contributed by atoms with Crippen LogP contribution in [0.5, 0.6) is 0 Å². The second-order valence-corrected chi connectivity index (χ2v) is 5.43. The van der Waals surface area contributed by atoms with Gasteiger partial charge < -0.3 is 17.3 Å². The van der Waals surface area contributed by atoms with Crippen LogP contribution in [0.25, 0.3) is 10.8 Å². The fourth-order valence-electron chi connectivity index (χ4n) is 3.25. The molecule has 22 heavy (non-hydrogen) atoms. The number of nitrogens with zero attached hydrogens (tertiary/aromatic N) is 1. The zero-order valence-corrected chi connectivity index (χ0v) is 12.1. The molecule has 2 aliphatic rings. The quantitative estimate of drug-likeness (QED) is 0.401. The molecule has 0 aromatic heterocycles. The molecule has 0 fully saturated rings. The number of halogens is 4. The zero-order valence-electron chi connectivity index (χ0n) is 12.1. The Kier molecular flexibility index (Phi) is 3.38. The molecule has 0 amide bonds. The van der Waals surface area contributed by atoms with Gasteiger partial charge in [0, 0.05) is 12.5 Å². The summed E-state index contributed by atoms with van der Waals surface area (Å²) < 4.78 is 40.9. The molecule has 1 aliphatic heterocycles. The summed E-state index contributed by atoms with van der Waals surface area (Å²) in [6.45, 7) is 2.16. The molecule has 2 nitrogen and oxygen atoms in total. The molecule has 0 bridgehead atoms. The third-order valence-corrected chi connectivity index (χ3v) is 4.13. The van der Waals surface area contributed by atoms with E-state index in [9.17, 15) is 17.3 Å². The van der Waals surface area contributed by atoms with Crippen molar-refractivity contribution >= 4 is 23.7 Å². The fourth-order valence-corrected chi connectivity index (χ4v) is 3.25. The van der Waals surface area contributed by atoms with Gasteiger partial charge >= 0.3 is 7.25 Å². The first-order valence-electron chi connectivity index (χ1n) is 6.90. The topological polar surface area (TPSA) is 12.2 Å². The van der Waals surface area contributed by atoms with Crippen molar-refractivity contribution < 1.29 is 26.8 Å². The van der Waals surface area contributed by atoms with Gasteiger partial charge in [-0.2, -0.15) is 0 Å². The lowest BCUT2D eigenvalue weighted by Crippen LogP contribution is -2.09. The standard InChI is InChI=1S/C15H14NO.BF4/c1-9-13-11-7-3-5-10-6-4-8-12(14(10)11)15(13)17-16(9)2;2-1(3,4)5/h3-8,13,15H,1-2H3;/q+1;-1. The normalized spacial score (nSPS) is 22.3. The Hall–Kier alpha value is -2.05. The van der Waals surface area contributed by atoms with Crippen LogP contribution in [0.1, 0.15) is 30.1 Å². The van der Waals surface area contributed by atoms with Crippen molar-refractivity contribution in [1.82, 2.24) is 0 Å². The Balaban J connectivity index is 0.000000254. The molecule has 2 unspecified atom stereocenters. The lowest BCUT2D eigenvalue weighted by molar-refractivity contribution is -0.769. The number of fused-ring (bicyclic) bond motifs is 3. The van der Waals surface area contributed by atoms with E-state index in [0.717, 1.165) is 0 Å². The molecule has 2 atom stereocenters. The first-order chi connectivity index (χ1) is 10.3. The Labute approximate surface area is 125 Å². The van der Waals surface area contributed by atoms with Crippen LogP contribution < -0.4 is 0 Å². The van der Waals surface area contributed by atoms with Crippen molar-refractivity contribution in [2.75, 3.05) is 7.05 Å². The maximum absolute atomic E-state index is 9.75. The van der Waals surface area contributed by atoms with E-state index in [-0.39, 0.29) is 6.10 Å². The number of rotatable bonds is 0. The third-order valence-electron chi connectivity index (χ3n) is 4.13. The number of hydrogen-bond acceptors (Lipinski definition) is 1. The van der Waals surface area contributed by atoms with Gasteiger partial charge in [-0.1, -0.05) is 36.4 Å². The summed E-state index contributed by atoms with van der Waals surface area (Å²) in [7, 11) is -4.00. The second kappa shape index (κ2) is 5.00. The molecule has 2 aromatic carbocycles. The van der Waals surface area contributed by atoms with Gasteiger partial charge in [0.25, 0.3) is 0 Å². The number of benzene rings is 2. The van der Waals surface area contributed by atoms with E-state index < -0.39 is 7.25 Å². The minimum absolute atomic E-state index is 0.182. The Morgan fingerprint density at radius 2 is 1.55 bits per heavy atom. The molecule has 4 rings (SSSR count). The highest BCUT2D eigenvalue weighted by Gasteiger charge is 2.48. The van der Waals surface area contributed by atoms with Crippen LogP contribution in [0.3, 0.4) is 0 Å². The third kappa shape index (κ3) is 2.44. The van der Waals surface area contributed by atoms with Crippen LogP contribution >= 0.6 is 0 Å². The number of hydrogen-bond donors (Lipinski definition) is 0. The highest BCUT2D eigenvalue weighted by Crippen LogP contribution is 2.50. The van der Waals surface area contributed by atoms with Crippen LogP contribution in [0.15, 0.2) is 36.4 Å². The summed E-state index contributed by atoms with van der Waals surface area (Å²) in [5, 5.41) is 2.73. The summed E-state index contributed by atoms with van der Waals surface area (Å²) in [4.78, 5) is 5.97. The molecule has 0 saturated heterocycles. The second-order valence-electron chi connectivity index (χ2n) is 5.43. The summed E-state index contributed by atoms with van der Waals surface area (Å²) in [5.74, 6) is 0.404. The molecule has 2 aromatic rings. The Morgan fingerprint density at radius 3 is 2.14 bits per heavy atom. The minimum Gasteiger partial charge on any atom is -0.418 e.